The van der Waals surface area contributed by atoms with Gasteiger partial charge in [-0.1, -0.05) is 13.3 Å². The van der Waals surface area contributed by atoms with E-state index in [0.717, 1.165) is 32.5 Å². The third kappa shape index (κ3) is 4.47. The Hall–Kier alpha value is -2.96. The number of ether oxygens (including phenoxy) is 1. The lowest BCUT2D eigenvalue weighted by molar-refractivity contribution is -0.147. The summed E-state index contributed by atoms with van der Waals surface area (Å²) in [5, 5.41) is 7.93. The fourth-order valence-corrected chi connectivity index (χ4v) is 4.61. The first-order chi connectivity index (χ1) is 15.3. The van der Waals surface area contributed by atoms with Crippen LogP contribution in [0.1, 0.15) is 29.9 Å². The van der Waals surface area contributed by atoms with Gasteiger partial charge in [0.25, 0.3) is 0 Å². The topological polar surface area (TPSA) is 89.3 Å². The summed E-state index contributed by atoms with van der Waals surface area (Å²) in [6.07, 6.45) is -1.98. The van der Waals surface area contributed by atoms with Gasteiger partial charge in [-0.15, -0.1) is 21.5 Å². The van der Waals surface area contributed by atoms with Gasteiger partial charge in [0.2, 0.25) is 12.2 Å². The predicted molar refractivity (Wildman–Crippen MR) is 112 cm³/mol. The first-order valence-corrected chi connectivity index (χ1v) is 10.9. The van der Waals surface area contributed by atoms with Crippen LogP contribution in [-0.4, -0.2) is 62.8 Å². The molecule has 1 amide bonds. The molecule has 172 valence electrons. The second kappa shape index (κ2) is 8.88. The van der Waals surface area contributed by atoms with Gasteiger partial charge in [-0.05, 0) is 12.5 Å². The van der Waals surface area contributed by atoms with Crippen LogP contribution in [0.4, 0.5) is 19.0 Å². The summed E-state index contributed by atoms with van der Waals surface area (Å²) >= 11 is 1.55. The van der Waals surface area contributed by atoms with Crippen LogP contribution in [0.2, 0.25) is 0 Å². The van der Waals surface area contributed by atoms with Crippen molar-refractivity contribution in [1.29, 1.82) is 0 Å². The van der Waals surface area contributed by atoms with Crippen LogP contribution in [0.25, 0.3) is 10.2 Å². The molecule has 0 radical (unpaired) electrons. The smallest absolute Gasteiger partial charge is 0.451 e. The van der Waals surface area contributed by atoms with Gasteiger partial charge >= 0.3 is 12.2 Å². The Morgan fingerprint density at radius 2 is 2.09 bits per heavy atom. The predicted octanol–water partition coefficient (Wildman–Crippen LogP) is 2.74. The van der Waals surface area contributed by atoms with Crippen molar-refractivity contribution in [1.82, 2.24) is 29.6 Å². The van der Waals surface area contributed by atoms with Crippen LogP contribution in [0.5, 0.6) is 6.01 Å². The SMILES string of the molecule is CCCc1cc2c(N3CCn4c(nnc4C(F)(F)F)C3)nc(OCCN(C)C=O)nc2s1. The average molecular weight is 469 g/mol. The number of aromatic nitrogens is 5. The Balaban J connectivity index is 1.65. The van der Waals surface area contributed by atoms with Crippen molar-refractivity contribution >= 4 is 33.8 Å². The highest BCUT2D eigenvalue weighted by Gasteiger charge is 2.39. The number of halogens is 3. The number of carbonyl (C=O) groups is 1. The maximum Gasteiger partial charge on any atom is 0.451 e. The van der Waals surface area contributed by atoms with E-state index in [-0.39, 0.29) is 31.5 Å². The maximum atomic E-state index is 13.2. The van der Waals surface area contributed by atoms with E-state index in [0.29, 0.717) is 25.3 Å². The number of hydrogen-bond acceptors (Lipinski definition) is 8. The molecule has 0 fully saturated rings. The number of thiophene rings is 1. The summed E-state index contributed by atoms with van der Waals surface area (Å²) in [4.78, 5) is 25.0. The van der Waals surface area contributed by atoms with Crippen LogP contribution >= 0.6 is 11.3 Å². The summed E-state index contributed by atoms with van der Waals surface area (Å²) in [5.41, 5.74) is 0. The van der Waals surface area contributed by atoms with E-state index in [9.17, 15) is 18.0 Å². The lowest BCUT2D eigenvalue weighted by Gasteiger charge is -2.29. The van der Waals surface area contributed by atoms with Gasteiger partial charge in [0, 0.05) is 25.0 Å². The van der Waals surface area contributed by atoms with Crippen LogP contribution in [0.15, 0.2) is 6.07 Å². The standard InChI is InChI=1S/C19H22F3N7O2S/c1-3-4-12-9-13-15(23-18(24-16(13)32-12)31-8-7-27(2)11-30)28-5-6-29-14(10-28)25-26-17(29)19(20,21)22/h9,11H,3-8,10H2,1-2H3. The van der Waals surface area contributed by atoms with Crippen molar-refractivity contribution in [3.05, 3.63) is 22.6 Å². The molecule has 32 heavy (non-hydrogen) atoms. The monoisotopic (exact) mass is 469 g/mol. The number of nitrogens with zero attached hydrogens (tertiary/aromatic N) is 7. The third-order valence-corrected chi connectivity index (χ3v) is 6.15. The van der Waals surface area contributed by atoms with E-state index in [1.165, 1.54) is 4.90 Å². The number of amides is 1. The molecular formula is C19H22F3N7O2S. The molecule has 0 atom stereocenters. The summed E-state index contributed by atoms with van der Waals surface area (Å²) in [6.45, 7) is 3.23. The molecule has 3 aromatic rings. The molecule has 3 aromatic heterocycles. The van der Waals surface area contributed by atoms with Gasteiger partial charge in [-0.3, -0.25) is 4.79 Å². The van der Waals surface area contributed by atoms with E-state index < -0.39 is 12.0 Å². The molecule has 4 rings (SSSR count). The summed E-state index contributed by atoms with van der Waals surface area (Å²) in [7, 11) is 1.64. The lowest BCUT2D eigenvalue weighted by Crippen LogP contribution is -2.36. The van der Waals surface area contributed by atoms with Crippen LogP contribution < -0.4 is 9.64 Å². The molecule has 13 heteroatoms. The van der Waals surface area contributed by atoms with Gasteiger partial charge in [0.05, 0.1) is 18.5 Å². The Morgan fingerprint density at radius 1 is 1.28 bits per heavy atom. The second-order valence-electron chi connectivity index (χ2n) is 7.46. The number of likely N-dealkylation sites (N-methyl/N-ethyl adjacent to an activating group) is 1. The van der Waals surface area contributed by atoms with E-state index in [1.807, 2.05) is 11.0 Å². The summed E-state index contributed by atoms with van der Waals surface area (Å²) in [6, 6.07) is 2.20. The highest BCUT2D eigenvalue weighted by Crippen LogP contribution is 2.35. The number of aryl methyl sites for hydroxylation is 1. The van der Waals surface area contributed by atoms with Gasteiger partial charge in [0.1, 0.15) is 17.3 Å². The van der Waals surface area contributed by atoms with Crippen molar-refractivity contribution in [2.75, 3.05) is 31.6 Å². The largest absolute Gasteiger partial charge is 0.461 e. The van der Waals surface area contributed by atoms with Crippen molar-refractivity contribution in [2.24, 2.45) is 0 Å². The minimum Gasteiger partial charge on any atom is -0.461 e. The van der Waals surface area contributed by atoms with Crippen molar-refractivity contribution < 1.29 is 22.7 Å². The Morgan fingerprint density at radius 3 is 2.81 bits per heavy atom. The summed E-state index contributed by atoms with van der Waals surface area (Å²) in [5.74, 6) is -0.159. The van der Waals surface area contributed by atoms with E-state index in [2.05, 4.69) is 27.1 Å². The number of fused-ring (bicyclic) bond motifs is 2. The van der Waals surface area contributed by atoms with Gasteiger partial charge < -0.3 is 19.1 Å². The zero-order valence-corrected chi connectivity index (χ0v) is 18.4. The molecule has 1 aliphatic rings. The van der Waals surface area contributed by atoms with Gasteiger partial charge in [-0.2, -0.15) is 23.1 Å². The fourth-order valence-electron chi connectivity index (χ4n) is 3.49. The van der Waals surface area contributed by atoms with Crippen LogP contribution in [0, 0.1) is 0 Å². The molecule has 0 saturated carbocycles. The zero-order chi connectivity index (χ0) is 22.9. The highest BCUT2D eigenvalue weighted by atomic mass is 32.1. The second-order valence-corrected chi connectivity index (χ2v) is 8.57. The molecule has 0 bridgehead atoms. The van der Waals surface area contributed by atoms with Crippen LogP contribution in [-0.2, 0) is 30.5 Å². The molecule has 4 heterocycles. The molecule has 0 aliphatic carbocycles. The Kier molecular flexibility index (Phi) is 6.17. The molecule has 0 spiro atoms. The first kappa shape index (κ1) is 22.2. The number of anilines is 1. The molecule has 0 N–H and O–H groups in total. The summed E-state index contributed by atoms with van der Waals surface area (Å²) < 4.78 is 46.3. The number of hydrogen-bond donors (Lipinski definition) is 0. The Labute approximate surface area is 185 Å². The van der Waals surface area contributed by atoms with Crippen LogP contribution in [0.3, 0.4) is 0 Å². The molecule has 0 aromatic carbocycles. The number of carbonyl (C=O) groups excluding carboxylic acids is 1. The maximum absolute atomic E-state index is 13.2. The van der Waals surface area contributed by atoms with E-state index in [4.69, 9.17) is 4.74 Å². The first-order valence-electron chi connectivity index (χ1n) is 10.1. The van der Waals surface area contributed by atoms with Crippen molar-refractivity contribution in [2.45, 2.75) is 39.0 Å². The zero-order valence-electron chi connectivity index (χ0n) is 17.6. The fraction of sp³-hybridized carbons (Fsp3) is 0.526. The molecule has 9 nitrogen and oxygen atoms in total. The van der Waals surface area contributed by atoms with Crippen molar-refractivity contribution in [3.63, 3.8) is 0 Å². The minimum atomic E-state index is -4.55. The molecule has 1 aliphatic heterocycles. The van der Waals surface area contributed by atoms with Gasteiger partial charge in [0.15, 0.2) is 5.82 Å². The molecular weight excluding hydrogens is 447 g/mol. The number of rotatable bonds is 8. The van der Waals surface area contributed by atoms with Crippen molar-refractivity contribution in [3.8, 4) is 6.01 Å². The third-order valence-electron chi connectivity index (χ3n) is 5.06. The lowest BCUT2D eigenvalue weighted by atomic mass is 10.2. The molecule has 0 unspecified atom stereocenters. The Bertz CT molecular complexity index is 1110. The minimum absolute atomic E-state index is 0.0922. The quantitative estimate of drug-likeness (QED) is 0.469. The number of alkyl halides is 3. The van der Waals surface area contributed by atoms with Gasteiger partial charge in [-0.25, -0.2) is 0 Å². The van der Waals surface area contributed by atoms with E-state index >= 15 is 0 Å². The molecule has 0 saturated heterocycles. The van der Waals surface area contributed by atoms with E-state index in [1.54, 1.807) is 18.4 Å². The average Bonchev–Trinajstić information content (AvgIpc) is 3.36. The normalized spacial score (nSPS) is 14.0. The highest BCUT2D eigenvalue weighted by molar-refractivity contribution is 7.18.